The zero-order valence-electron chi connectivity index (χ0n) is 12.2. The lowest BCUT2D eigenvalue weighted by molar-refractivity contribution is 0.181. The van der Waals surface area contributed by atoms with Crippen molar-refractivity contribution in [3.63, 3.8) is 0 Å². The van der Waals surface area contributed by atoms with Gasteiger partial charge in [-0.1, -0.05) is 17.7 Å². The first-order chi connectivity index (χ1) is 10.1. The zero-order valence-corrected chi connectivity index (χ0v) is 13.8. The number of benzene rings is 1. The minimum atomic E-state index is -3.75. The minimum absolute atomic E-state index is 0.116. The highest BCUT2D eigenvalue weighted by Crippen LogP contribution is 2.26. The molecule has 0 aliphatic rings. The lowest BCUT2D eigenvalue weighted by atomic mass is 10.1. The number of nitrogens with zero attached hydrogens (tertiary/aromatic N) is 2. The number of amides is 1. The summed E-state index contributed by atoms with van der Waals surface area (Å²) in [6, 6.07) is 6.41. The van der Waals surface area contributed by atoms with Crippen LogP contribution in [0, 0.1) is 6.92 Å². The van der Waals surface area contributed by atoms with E-state index in [-0.39, 0.29) is 15.1 Å². The van der Waals surface area contributed by atoms with Crippen LogP contribution < -0.4 is 5.32 Å². The van der Waals surface area contributed by atoms with Crippen LogP contribution in [0.4, 0.5) is 4.79 Å². The molecule has 2 N–H and O–H groups in total. The van der Waals surface area contributed by atoms with Crippen molar-refractivity contribution >= 4 is 27.5 Å². The summed E-state index contributed by atoms with van der Waals surface area (Å²) in [5.74, 6) is 0.116. The normalized spacial score (nSPS) is 12.1. The van der Waals surface area contributed by atoms with Crippen LogP contribution in [0.5, 0.6) is 0 Å². The Hall–Kier alpha value is -2.00. The summed E-state index contributed by atoms with van der Waals surface area (Å²) >= 11 is 0.727. The first-order valence-electron chi connectivity index (χ1n) is 6.30. The molecule has 1 aromatic heterocycles. The third-order valence-corrected chi connectivity index (χ3v) is 5.78. The molecule has 0 radical (unpaired) electrons. The number of rotatable bonds is 4. The molecule has 2 aromatic rings. The Morgan fingerprint density at radius 3 is 2.41 bits per heavy atom. The molecule has 0 aliphatic carbocycles. The van der Waals surface area contributed by atoms with Gasteiger partial charge in [-0.05, 0) is 44.4 Å². The van der Waals surface area contributed by atoms with Gasteiger partial charge in [0.15, 0.2) is 5.82 Å². The average Bonchev–Trinajstić information content (AvgIpc) is 2.88. The number of nitrogens with one attached hydrogen (secondary N) is 1. The predicted octanol–water partition coefficient (Wildman–Crippen LogP) is 2.18. The van der Waals surface area contributed by atoms with Gasteiger partial charge in [-0.2, -0.15) is 4.37 Å². The second-order valence-corrected chi connectivity index (χ2v) is 8.13. The van der Waals surface area contributed by atoms with E-state index < -0.39 is 21.5 Å². The maximum atomic E-state index is 12.5. The molecule has 0 spiro atoms. The Balaban J connectivity index is 2.38. The van der Waals surface area contributed by atoms with Crippen LogP contribution in [0.15, 0.2) is 33.5 Å². The first-order valence-corrected chi connectivity index (χ1v) is 8.55. The van der Waals surface area contributed by atoms with Gasteiger partial charge in [0.25, 0.3) is 0 Å². The van der Waals surface area contributed by atoms with Crippen LogP contribution in [-0.2, 0) is 15.4 Å². The molecule has 9 heteroatoms. The minimum Gasteiger partial charge on any atom is -0.465 e. The van der Waals surface area contributed by atoms with E-state index in [2.05, 4.69) is 14.7 Å². The standard InChI is InChI=1S/C13H15N3O4S2/c1-8-4-6-9(7-5-8)22(19,20)12-14-10(16-21-12)13(2,3)15-11(17)18/h4-7,15H,1-3H3,(H,17,18). The second kappa shape index (κ2) is 5.65. The summed E-state index contributed by atoms with van der Waals surface area (Å²) < 4.78 is 28.8. The van der Waals surface area contributed by atoms with Gasteiger partial charge >= 0.3 is 6.09 Å². The van der Waals surface area contributed by atoms with E-state index in [1.165, 1.54) is 12.1 Å². The SMILES string of the molecule is Cc1ccc(S(=O)(=O)c2nc(C(C)(C)NC(=O)O)ns2)cc1. The molecular formula is C13H15N3O4S2. The Morgan fingerprint density at radius 1 is 1.27 bits per heavy atom. The molecule has 2 rings (SSSR count). The van der Waals surface area contributed by atoms with E-state index in [4.69, 9.17) is 5.11 Å². The highest BCUT2D eigenvalue weighted by molar-refractivity contribution is 7.93. The van der Waals surface area contributed by atoms with Crippen molar-refractivity contribution in [2.75, 3.05) is 0 Å². The van der Waals surface area contributed by atoms with E-state index in [0.29, 0.717) is 0 Å². The maximum absolute atomic E-state index is 12.5. The largest absolute Gasteiger partial charge is 0.465 e. The third kappa shape index (κ3) is 3.25. The van der Waals surface area contributed by atoms with E-state index in [9.17, 15) is 13.2 Å². The van der Waals surface area contributed by atoms with Crippen molar-refractivity contribution in [3.8, 4) is 0 Å². The highest BCUT2D eigenvalue weighted by Gasteiger charge is 2.31. The molecule has 0 saturated carbocycles. The van der Waals surface area contributed by atoms with Gasteiger partial charge in [-0.25, -0.2) is 18.2 Å². The van der Waals surface area contributed by atoms with Crippen molar-refractivity contribution in [1.29, 1.82) is 0 Å². The first kappa shape index (κ1) is 16.4. The van der Waals surface area contributed by atoms with E-state index in [1.807, 2.05) is 6.92 Å². The smallest absolute Gasteiger partial charge is 0.405 e. The van der Waals surface area contributed by atoms with Gasteiger partial charge in [0.2, 0.25) is 14.2 Å². The molecule has 1 heterocycles. The summed E-state index contributed by atoms with van der Waals surface area (Å²) in [6.07, 6.45) is -1.23. The number of aryl methyl sites for hydroxylation is 1. The van der Waals surface area contributed by atoms with Crippen LogP contribution in [0.2, 0.25) is 0 Å². The molecule has 7 nitrogen and oxygen atoms in total. The maximum Gasteiger partial charge on any atom is 0.405 e. The molecule has 0 atom stereocenters. The number of carboxylic acid groups (broad SMARTS) is 1. The zero-order chi connectivity index (χ0) is 16.5. The van der Waals surface area contributed by atoms with Crippen LogP contribution in [-0.4, -0.2) is 29.0 Å². The lowest BCUT2D eigenvalue weighted by Gasteiger charge is -2.20. The number of carbonyl (C=O) groups is 1. The monoisotopic (exact) mass is 341 g/mol. The van der Waals surface area contributed by atoms with Crippen molar-refractivity contribution in [3.05, 3.63) is 35.7 Å². The molecule has 22 heavy (non-hydrogen) atoms. The Kier molecular flexibility index (Phi) is 4.21. The van der Waals surface area contributed by atoms with Gasteiger partial charge < -0.3 is 10.4 Å². The number of hydrogen-bond donors (Lipinski definition) is 2. The third-order valence-electron chi connectivity index (χ3n) is 2.95. The van der Waals surface area contributed by atoms with E-state index in [0.717, 1.165) is 17.1 Å². The Morgan fingerprint density at radius 2 is 1.86 bits per heavy atom. The number of aromatic nitrogens is 2. The van der Waals surface area contributed by atoms with Crippen molar-refractivity contribution in [2.24, 2.45) is 0 Å². The van der Waals surface area contributed by atoms with Crippen molar-refractivity contribution in [1.82, 2.24) is 14.7 Å². The topological polar surface area (TPSA) is 109 Å². The van der Waals surface area contributed by atoms with Crippen molar-refractivity contribution < 1.29 is 18.3 Å². The predicted molar refractivity (Wildman–Crippen MR) is 80.7 cm³/mol. The Bertz CT molecular complexity index is 795. The lowest BCUT2D eigenvalue weighted by Crippen LogP contribution is -2.41. The molecule has 118 valence electrons. The summed E-state index contributed by atoms with van der Waals surface area (Å²) in [7, 11) is -3.75. The van der Waals surface area contributed by atoms with Crippen LogP contribution in [0.3, 0.4) is 0 Å². The fraction of sp³-hybridized carbons (Fsp3) is 0.308. The molecule has 0 fully saturated rings. The van der Waals surface area contributed by atoms with Crippen molar-refractivity contribution in [2.45, 2.75) is 35.5 Å². The van der Waals surface area contributed by atoms with Crippen LogP contribution >= 0.6 is 11.5 Å². The van der Waals surface area contributed by atoms with Crippen LogP contribution in [0.25, 0.3) is 0 Å². The Labute approximate surface area is 132 Å². The summed E-state index contributed by atoms with van der Waals surface area (Å²) in [5.41, 5.74) is -0.132. The van der Waals surface area contributed by atoms with Gasteiger partial charge in [0.05, 0.1) is 10.4 Å². The van der Waals surface area contributed by atoms with Gasteiger partial charge in [0.1, 0.15) is 0 Å². The molecule has 0 bridgehead atoms. The summed E-state index contributed by atoms with van der Waals surface area (Å²) in [5, 5.41) is 11.1. The van der Waals surface area contributed by atoms with Gasteiger partial charge in [-0.3, -0.25) is 0 Å². The van der Waals surface area contributed by atoms with E-state index >= 15 is 0 Å². The highest BCUT2D eigenvalue weighted by atomic mass is 32.2. The second-order valence-electron chi connectivity index (χ2n) is 5.26. The van der Waals surface area contributed by atoms with Gasteiger partial charge in [-0.15, -0.1) is 0 Å². The molecule has 1 aromatic carbocycles. The molecule has 0 aliphatic heterocycles. The molecular weight excluding hydrogens is 326 g/mol. The van der Waals surface area contributed by atoms with Gasteiger partial charge in [0, 0.05) is 0 Å². The summed E-state index contributed by atoms with van der Waals surface area (Å²) in [4.78, 5) is 14.9. The van der Waals surface area contributed by atoms with Crippen LogP contribution in [0.1, 0.15) is 25.2 Å². The number of hydrogen-bond acceptors (Lipinski definition) is 6. The average molecular weight is 341 g/mol. The quantitative estimate of drug-likeness (QED) is 0.882. The molecule has 1 amide bonds. The summed E-state index contributed by atoms with van der Waals surface area (Å²) in [6.45, 7) is 4.98. The fourth-order valence-electron chi connectivity index (χ4n) is 1.71. The molecule has 0 unspecified atom stereocenters. The van der Waals surface area contributed by atoms with E-state index in [1.54, 1.807) is 26.0 Å². The number of sulfone groups is 1. The fourth-order valence-corrected chi connectivity index (χ4v) is 3.97. The molecule has 0 saturated heterocycles.